The number of aromatic nitrogens is 1. The molecule has 0 saturated carbocycles. The van der Waals surface area contributed by atoms with E-state index in [-0.39, 0.29) is 11.8 Å². The Bertz CT molecular complexity index is 697. The van der Waals surface area contributed by atoms with Gasteiger partial charge in [0.25, 0.3) is 5.91 Å². The highest BCUT2D eigenvalue weighted by atomic mass is 32.1. The van der Waals surface area contributed by atoms with E-state index in [1.54, 1.807) is 11.3 Å². The van der Waals surface area contributed by atoms with Crippen LogP contribution in [0.1, 0.15) is 46.1 Å². The zero-order valence-electron chi connectivity index (χ0n) is 13.7. The molecule has 3 heterocycles. The average molecular weight is 364 g/mol. The maximum absolute atomic E-state index is 12.5. The fourth-order valence-corrected chi connectivity index (χ4v) is 4.58. The summed E-state index contributed by atoms with van der Waals surface area (Å²) in [6.45, 7) is 3.71. The Morgan fingerprint density at radius 1 is 1.42 bits per heavy atom. The van der Waals surface area contributed by atoms with Gasteiger partial charge in [0.05, 0.1) is 15.6 Å². The van der Waals surface area contributed by atoms with Crippen LogP contribution in [0.3, 0.4) is 0 Å². The zero-order valence-corrected chi connectivity index (χ0v) is 15.3. The van der Waals surface area contributed by atoms with Gasteiger partial charge in [-0.15, -0.1) is 22.7 Å². The minimum atomic E-state index is -0.0135. The molecule has 0 bridgehead atoms. The third-order valence-electron chi connectivity index (χ3n) is 4.11. The molecule has 0 radical (unpaired) electrons. The maximum Gasteiger partial charge on any atom is 0.263 e. The summed E-state index contributed by atoms with van der Waals surface area (Å²) in [5.41, 5.74) is 1.02. The summed E-state index contributed by atoms with van der Waals surface area (Å²) < 4.78 is 0. The highest BCUT2D eigenvalue weighted by molar-refractivity contribution is 7.12. The molecule has 1 saturated heterocycles. The molecule has 2 amide bonds. The lowest BCUT2D eigenvalue weighted by atomic mass is 9.98. The molecular formula is C17H21N3O2S2. The van der Waals surface area contributed by atoms with Crippen molar-refractivity contribution in [2.45, 2.75) is 32.1 Å². The van der Waals surface area contributed by atoms with Crippen LogP contribution in [0.5, 0.6) is 0 Å². The Kier molecular flexibility index (Phi) is 5.63. The number of likely N-dealkylation sites (tertiary alicyclic amines) is 1. The third-order valence-corrected chi connectivity index (χ3v) is 6.03. The maximum atomic E-state index is 12.5. The molecule has 0 aliphatic carbocycles. The lowest BCUT2D eigenvalue weighted by Gasteiger charge is -2.31. The SMILES string of the molecule is CC(=O)NCCc1csc(C2CCCN(C(=O)c3cccs3)C2)n1. The number of carbonyl (C=O) groups is 2. The molecule has 7 heteroatoms. The molecule has 1 atom stereocenters. The minimum Gasteiger partial charge on any atom is -0.356 e. The fourth-order valence-electron chi connectivity index (χ4n) is 2.91. The molecule has 5 nitrogen and oxygen atoms in total. The van der Waals surface area contributed by atoms with Crippen molar-refractivity contribution < 1.29 is 9.59 Å². The smallest absolute Gasteiger partial charge is 0.263 e. The van der Waals surface area contributed by atoms with Gasteiger partial charge in [0.1, 0.15) is 0 Å². The second-order valence-electron chi connectivity index (χ2n) is 5.98. The molecule has 1 aliphatic heterocycles. The molecule has 0 spiro atoms. The Labute approximate surface area is 149 Å². The molecular weight excluding hydrogens is 342 g/mol. The van der Waals surface area contributed by atoms with E-state index in [1.807, 2.05) is 22.4 Å². The third kappa shape index (κ3) is 4.21. The van der Waals surface area contributed by atoms with Gasteiger partial charge in [0.15, 0.2) is 0 Å². The zero-order chi connectivity index (χ0) is 16.9. The van der Waals surface area contributed by atoms with Gasteiger partial charge in [-0.05, 0) is 24.3 Å². The number of hydrogen-bond donors (Lipinski definition) is 1. The number of piperidine rings is 1. The van der Waals surface area contributed by atoms with Gasteiger partial charge in [0.2, 0.25) is 5.91 Å². The van der Waals surface area contributed by atoms with Gasteiger partial charge in [-0.1, -0.05) is 6.07 Å². The van der Waals surface area contributed by atoms with Crippen molar-refractivity contribution in [1.29, 1.82) is 0 Å². The Hall–Kier alpha value is -1.73. The molecule has 1 fully saturated rings. The highest BCUT2D eigenvalue weighted by Crippen LogP contribution is 2.30. The van der Waals surface area contributed by atoms with Crippen LogP contribution in [-0.4, -0.2) is 41.3 Å². The predicted molar refractivity (Wildman–Crippen MR) is 96.7 cm³/mol. The van der Waals surface area contributed by atoms with Crippen LogP contribution >= 0.6 is 22.7 Å². The fraction of sp³-hybridized carbons (Fsp3) is 0.471. The van der Waals surface area contributed by atoms with Crippen molar-refractivity contribution in [2.75, 3.05) is 19.6 Å². The summed E-state index contributed by atoms with van der Waals surface area (Å²) in [4.78, 5) is 30.9. The summed E-state index contributed by atoms with van der Waals surface area (Å²) in [5.74, 6) is 0.444. The molecule has 2 aromatic heterocycles. The predicted octanol–water partition coefficient (Wildman–Crippen LogP) is 2.90. The molecule has 1 N–H and O–H groups in total. The largest absolute Gasteiger partial charge is 0.356 e. The Balaban J connectivity index is 1.59. The first-order valence-corrected chi connectivity index (χ1v) is 9.91. The van der Waals surface area contributed by atoms with Gasteiger partial charge in [-0.25, -0.2) is 4.98 Å². The van der Waals surface area contributed by atoms with Crippen molar-refractivity contribution in [3.8, 4) is 0 Å². The first-order chi connectivity index (χ1) is 11.6. The van der Waals surface area contributed by atoms with Crippen molar-refractivity contribution in [3.05, 3.63) is 38.5 Å². The topological polar surface area (TPSA) is 62.3 Å². The van der Waals surface area contributed by atoms with Crippen molar-refractivity contribution in [1.82, 2.24) is 15.2 Å². The molecule has 2 aromatic rings. The normalized spacial score (nSPS) is 17.7. The van der Waals surface area contributed by atoms with E-state index in [9.17, 15) is 9.59 Å². The number of amides is 2. The summed E-state index contributed by atoms with van der Waals surface area (Å²) in [6.07, 6.45) is 2.84. The van der Waals surface area contributed by atoms with E-state index in [0.717, 1.165) is 47.9 Å². The van der Waals surface area contributed by atoms with Crippen molar-refractivity contribution in [2.24, 2.45) is 0 Å². The molecule has 128 valence electrons. The van der Waals surface area contributed by atoms with Crippen LogP contribution in [0.25, 0.3) is 0 Å². The van der Waals surface area contributed by atoms with E-state index in [0.29, 0.717) is 12.5 Å². The highest BCUT2D eigenvalue weighted by Gasteiger charge is 2.27. The average Bonchev–Trinajstić information content (AvgIpc) is 3.26. The number of nitrogens with one attached hydrogen (secondary N) is 1. The number of thiazole rings is 1. The van der Waals surface area contributed by atoms with Gasteiger partial charge in [-0.2, -0.15) is 0 Å². The second kappa shape index (κ2) is 7.90. The monoisotopic (exact) mass is 363 g/mol. The molecule has 24 heavy (non-hydrogen) atoms. The van der Waals surface area contributed by atoms with Crippen LogP contribution in [0, 0.1) is 0 Å². The Morgan fingerprint density at radius 3 is 3.04 bits per heavy atom. The summed E-state index contributed by atoms with van der Waals surface area (Å²) in [5, 5.41) is 7.91. The van der Waals surface area contributed by atoms with Crippen LogP contribution in [-0.2, 0) is 11.2 Å². The standard InChI is InChI=1S/C17H21N3O2S2/c1-12(21)18-7-6-14-11-24-16(19-14)13-4-2-8-20(10-13)17(22)15-5-3-9-23-15/h3,5,9,11,13H,2,4,6-8,10H2,1H3,(H,18,21). The van der Waals surface area contributed by atoms with E-state index in [1.165, 1.54) is 18.3 Å². The molecule has 3 rings (SSSR count). The van der Waals surface area contributed by atoms with E-state index >= 15 is 0 Å². The number of hydrogen-bond acceptors (Lipinski definition) is 5. The first kappa shape index (κ1) is 17.1. The first-order valence-electron chi connectivity index (χ1n) is 8.15. The molecule has 1 unspecified atom stereocenters. The molecule has 1 aliphatic rings. The number of nitrogens with zero attached hydrogens (tertiary/aromatic N) is 2. The summed E-state index contributed by atoms with van der Waals surface area (Å²) >= 11 is 3.17. The lowest BCUT2D eigenvalue weighted by molar-refractivity contribution is -0.118. The van der Waals surface area contributed by atoms with Crippen LogP contribution < -0.4 is 5.32 Å². The minimum absolute atomic E-state index is 0.0135. The second-order valence-corrected chi connectivity index (χ2v) is 7.82. The van der Waals surface area contributed by atoms with E-state index in [2.05, 4.69) is 10.7 Å². The Morgan fingerprint density at radius 2 is 2.29 bits per heavy atom. The van der Waals surface area contributed by atoms with Crippen LogP contribution in [0.4, 0.5) is 0 Å². The van der Waals surface area contributed by atoms with E-state index in [4.69, 9.17) is 4.98 Å². The van der Waals surface area contributed by atoms with E-state index < -0.39 is 0 Å². The van der Waals surface area contributed by atoms with Gasteiger partial charge in [0, 0.05) is 44.3 Å². The van der Waals surface area contributed by atoms with Crippen LogP contribution in [0.15, 0.2) is 22.9 Å². The quantitative estimate of drug-likeness (QED) is 0.888. The van der Waals surface area contributed by atoms with Crippen LogP contribution in [0.2, 0.25) is 0 Å². The summed E-state index contributed by atoms with van der Waals surface area (Å²) in [6, 6.07) is 3.81. The van der Waals surface area contributed by atoms with Gasteiger partial charge in [-0.3, -0.25) is 9.59 Å². The summed E-state index contributed by atoms with van der Waals surface area (Å²) in [7, 11) is 0. The molecule has 0 aromatic carbocycles. The lowest BCUT2D eigenvalue weighted by Crippen LogP contribution is -2.38. The number of carbonyl (C=O) groups excluding carboxylic acids is 2. The van der Waals surface area contributed by atoms with Crippen molar-refractivity contribution in [3.63, 3.8) is 0 Å². The van der Waals surface area contributed by atoms with Crippen molar-refractivity contribution >= 4 is 34.5 Å². The van der Waals surface area contributed by atoms with Gasteiger partial charge >= 0.3 is 0 Å². The number of rotatable bonds is 5. The van der Waals surface area contributed by atoms with Gasteiger partial charge < -0.3 is 10.2 Å². The number of thiophene rings is 1.